The van der Waals surface area contributed by atoms with Crippen molar-refractivity contribution in [2.45, 2.75) is 13.5 Å². The van der Waals surface area contributed by atoms with Crippen molar-refractivity contribution in [3.8, 4) is 5.75 Å². The molecular weight excluding hydrogens is 373 g/mol. The number of carbonyl (C=O) groups is 1. The van der Waals surface area contributed by atoms with Gasteiger partial charge in [-0.15, -0.1) is 0 Å². The molecule has 1 N–H and O–H groups in total. The smallest absolute Gasteiger partial charge is 0.258 e. The van der Waals surface area contributed by atoms with E-state index in [4.69, 9.17) is 16.3 Å². The second kappa shape index (κ2) is 7.61. The molecule has 1 amide bonds. The minimum absolute atomic E-state index is 0.136. The third kappa shape index (κ3) is 4.71. The van der Waals surface area contributed by atoms with E-state index in [0.29, 0.717) is 17.3 Å². The highest BCUT2D eigenvalue weighted by Crippen LogP contribution is 2.31. The molecule has 0 saturated carbocycles. The van der Waals surface area contributed by atoms with Gasteiger partial charge >= 0.3 is 0 Å². The van der Waals surface area contributed by atoms with Crippen LogP contribution in [-0.2, 0) is 11.3 Å². The summed E-state index contributed by atoms with van der Waals surface area (Å²) < 4.78 is 19.1. The molecule has 2 aromatic rings. The molecule has 0 bridgehead atoms. The van der Waals surface area contributed by atoms with E-state index in [1.54, 1.807) is 18.2 Å². The lowest BCUT2D eigenvalue weighted by Crippen LogP contribution is -2.28. The molecule has 0 aliphatic rings. The van der Waals surface area contributed by atoms with Gasteiger partial charge in [-0.2, -0.15) is 0 Å². The van der Waals surface area contributed by atoms with E-state index in [2.05, 4.69) is 21.2 Å². The Kier molecular flexibility index (Phi) is 5.80. The minimum atomic E-state index is -0.307. The SMILES string of the molecule is Cc1cc(Br)cc(Cl)c1OCC(=O)NCc1ccc(F)cc1. The number of aryl methyl sites for hydroxylation is 1. The maximum Gasteiger partial charge on any atom is 0.258 e. The quantitative estimate of drug-likeness (QED) is 0.834. The molecule has 116 valence electrons. The van der Waals surface area contributed by atoms with Crippen LogP contribution in [0.5, 0.6) is 5.75 Å². The van der Waals surface area contributed by atoms with E-state index >= 15 is 0 Å². The molecule has 2 aromatic carbocycles. The summed E-state index contributed by atoms with van der Waals surface area (Å²) in [4.78, 5) is 11.8. The highest BCUT2D eigenvalue weighted by atomic mass is 79.9. The summed E-state index contributed by atoms with van der Waals surface area (Å²) in [6.07, 6.45) is 0. The van der Waals surface area contributed by atoms with Crippen LogP contribution in [0.25, 0.3) is 0 Å². The van der Waals surface area contributed by atoms with Crippen molar-refractivity contribution in [1.29, 1.82) is 0 Å². The van der Waals surface area contributed by atoms with Gasteiger partial charge in [-0.05, 0) is 42.3 Å². The van der Waals surface area contributed by atoms with E-state index in [9.17, 15) is 9.18 Å². The fourth-order valence-electron chi connectivity index (χ4n) is 1.86. The van der Waals surface area contributed by atoms with Gasteiger partial charge in [0.15, 0.2) is 6.61 Å². The van der Waals surface area contributed by atoms with E-state index in [-0.39, 0.29) is 18.3 Å². The maximum atomic E-state index is 12.8. The lowest BCUT2D eigenvalue weighted by atomic mass is 10.2. The van der Waals surface area contributed by atoms with Crippen LogP contribution in [0.1, 0.15) is 11.1 Å². The zero-order chi connectivity index (χ0) is 16.1. The molecule has 0 aliphatic heterocycles. The number of hydrogen-bond donors (Lipinski definition) is 1. The Labute approximate surface area is 141 Å². The normalized spacial score (nSPS) is 10.4. The summed E-state index contributed by atoms with van der Waals surface area (Å²) in [5, 5.41) is 3.14. The first kappa shape index (κ1) is 16.8. The Morgan fingerprint density at radius 3 is 2.64 bits per heavy atom. The highest BCUT2D eigenvalue weighted by Gasteiger charge is 2.10. The van der Waals surface area contributed by atoms with Gasteiger partial charge in [0.05, 0.1) is 5.02 Å². The van der Waals surface area contributed by atoms with Gasteiger partial charge < -0.3 is 10.1 Å². The summed E-state index contributed by atoms with van der Waals surface area (Å²) >= 11 is 9.42. The van der Waals surface area contributed by atoms with Crippen molar-refractivity contribution in [2.75, 3.05) is 6.61 Å². The molecule has 0 aromatic heterocycles. The Balaban J connectivity index is 1.87. The fourth-order valence-corrected chi connectivity index (χ4v) is 2.89. The largest absolute Gasteiger partial charge is 0.482 e. The third-order valence-electron chi connectivity index (χ3n) is 2.94. The van der Waals surface area contributed by atoms with Crippen molar-refractivity contribution in [1.82, 2.24) is 5.32 Å². The number of benzene rings is 2. The second-order valence-electron chi connectivity index (χ2n) is 4.73. The summed E-state index contributed by atoms with van der Waals surface area (Å²) in [5.74, 6) is -0.0942. The van der Waals surface area contributed by atoms with Crippen molar-refractivity contribution in [2.24, 2.45) is 0 Å². The minimum Gasteiger partial charge on any atom is -0.482 e. The summed E-state index contributed by atoms with van der Waals surface area (Å²) in [7, 11) is 0. The lowest BCUT2D eigenvalue weighted by molar-refractivity contribution is -0.123. The van der Waals surface area contributed by atoms with Crippen LogP contribution in [0.2, 0.25) is 5.02 Å². The van der Waals surface area contributed by atoms with Gasteiger partial charge in [0.2, 0.25) is 0 Å². The molecular formula is C16H14BrClFNO2. The number of nitrogens with one attached hydrogen (secondary N) is 1. The summed E-state index contributed by atoms with van der Waals surface area (Å²) in [6, 6.07) is 9.50. The molecule has 0 radical (unpaired) electrons. The van der Waals surface area contributed by atoms with Gasteiger partial charge in [0.1, 0.15) is 11.6 Å². The van der Waals surface area contributed by atoms with Gasteiger partial charge in [-0.25, -0.2) is 4.39 Å². The van der Waals surface area contributed by atoms with Crippen LogP contribution >= 0.6 is 27.5 Å². The Bertz CT molecular complexity index is 653. The van der Waals surface area contributed by atoms with Crippen LogP contribution < -0.4 is 10.1 Å². The van der Waals surface area contributed by atoms with Gasteiger partial charge in [-0.3, -0.25) is 4.79 Å². The first-order valence-electron chi connectivity index (χ1n) is 6.55. The Morgan fingerprint density at radius 1 is 1.32 bits per heavy atom. The molecule has 3 nitrogen and oxygen atoms in total. The summed E-state index contributed by atoms with van der Waals surface area (Å²) in [5.41, 5.74) is 1.65. The first-order valence-corrected chi connectivity index (χ1v) is 7.72. The molecule has 6 heteroatoms. The molecule has 0 fully saturated rings. The Morgan fingerprint density at radius 2 is 2.00 bits per heavy atom. The number of rotatable bonds is 5. The second-order valence-corrected chi connectivity index (χ2v) is 6.05. The van der Waals surface area contributed by atoms with Crippen molar-refractivity contribution >= 4 is 33.4 Å². The predicted octanol–water partition coefficient (Wildman–Crippen LogP) is 4.25. The van der Waals surface area contributed by atoms with Crippen molar-refractivity contribution in [3.63, 3.8) is 0 Å². The maximum absolute atomic E-state index is 12.8. The van der Waals surface area contributed by atoms with Crippen LogP contribution in [0.15, 0.2) is 40.9 Å². The molecule has 0 aliphatic carbocycles. The van der Waals surface area contributed by atoms with Crippen LogP contribution in [0, 0.1) is 12.7 Å². The summed E-state index contributed by atoms with van der Waals surface area (Å²) in [6.45, 7) is 2.03. The molecule has 0 spiro atoms. The van der Waals surface area contributed by atoms with E-state index < -0.39 is 0 Å². The van der Waals surface area contributed by atoms with Gasteiger partial charge in [0, 0.05) is 11.0 Å². The Hall–Kier alpha value is -1.59. The molecule has 22 heavy (non-hydrogen) atoms. The lowest BCUT2D eigenvalue weighted by Gasteiger charge is -2.11. The standard InChI is InChI=1S/C16H14BrClFNO2/c1-10-6-12(17)7-14(18)16(10)22-9-15(21)20-8-11-2-4-13(19)5-3-11/h2-7H,8-9H2,1H3,(H,20,21). The molecule has 0 saturated heterocycles. The van der Waals surface area contributed by atoms with E-state index in [1.807, 2.05) is 13.0 Å². The number of carbonyl (C=O) groups excluding carboxylic acids is 1. The van der Waals surface area contributed by atoms with Gasteiger partial charge in [0.25, 0.3) is 5.91 Å². The number of hydrogen-bond acceptors (Lipinski definition) is 2. The fraction of sp³-hybridized carbons (Fsp3) is 0.188. The third-order valence-corrected chi connectivity index (χ3v) is 3.68. The molecule has 0 atom stereocenters. The molecule has 0 heterocycles. The topological polar surface area (TPSA) is 38.3 Å². The zero-order valence-electron chi connectivity index (χ0n) is 11.8. The monoisotopic (exact) mass is 385 g/mol. The van der Waals surface area contributed by atoms with Crippen LogP contribution in [0.3, 0.4) is 0 Å². The number of ether oxygens (including phenoxy) is 1. The van der Waals surface area contributed by atoms with E-state index in [1.165, 1.54) is 12.1 Å². The van der Waals surface area contributed by atoms with E-state index in [0.717, 1.165) is 15.6 Å². The average molecular weight is 387 g/mol. The zero-order valence-corrected chi connectivity index (χ0v) is 14.2. The van der Waals surface area contributed by atoms with Crippen LogP contribution in [-0.4, -0.2) is 12.5 Å². The average Bonchev–Trinajstić information content (AvgIpc) is 2.45. The molecule has 2 rings (SSSR count). The van der Waals surface area contributed by atoms with Crippen LogP contribution in [0.4, 0.5) is 4.39 Å². The molecule has 0 unspecified atom stereocenters. The predicted molar refractivity (Wildman–Crippen MR) is 87.6 cm³/mol. The number of halogens is 3. The highest BCUT2D eigenvalue weighted by molar-refractivity contribution is 9.10. The van der Waals surface area contributed by atoms with Crippen molar-refractivity contribution < 1.29 is 13.9 Å². The number of amides is 1. The van der Waals surface area contributed by atoms with Gasteiger partial charge in [-0.1, -0.05) is 39.7 Å². The van der Waals surface area contributed by atoms with Crippen molar-refractivity contribution in [3.05, 3.63) is 62.8 Å². The first-order chi connectivity index (χ1) is 10.5.